The third kappa shape index (κ3) is 6.17. The van der Waals surface area contributed by atoms with Crippen molar-refractivity contribution in [1.29, 1.82) is 0 Å². The van der Waals surface area contributed by atoms with Gasteiger partial charge in [0.05, 0.1) is 18.8 Å². The van der Waals surface area contributed by atoms with Gasteiger partial charge < -0.3 is 19.3 Å². The van der Waals surface area contributed by atoms with Crippen LogP contribution in [0.3, 0.4) is 0 Å². The predicted molar refractivity (Wildman–Crippen MR) is 127 cm³/mol. The van der Waals surface area contributed by atoms with Crippen LogP contribution in [0.1, 0.15) is 52.8 Å². The lowest BCUT2D eigenvalue weighted by molar-refractivity contribution is 0.0328. The molecule has 0 saturated carbocycles. The van der Waals surface area contributed by atoms with Gasteiger partial charge in [0.25, 0.3) is 11.8 Å². The van der Waals surface area contributed by atoms with E-state index in [1.54, 1.807) is 22.9 Å². The second kappa shape index (κ2) is 11.2. The number of amides is 2. The number of halogens is 2. The minimum atomic E-state index is -0.762. The molecule has 2 heterocycles. The second-order valence-electron chi connectivity index (χ2n) is 9.53. The lowest BCUT2D eigenvalue weighted by Gasteiger charge is -2.42. The fraction of sp³-hybridized carbons (Fsp3) is 0.481. The number of likely N-dealkylation sites (tertiary alicyclic amines) is 1. The standard InChI is InChI=1S/C27H32F2N2O4/c1-30-13-15-34-14-5-4-8-27(19-35-24-7-3-2-6-23(24)26(30)33)9-11-31(12-10-27)25(32)20-16-21(28)18-22(29)17-20/h2-3,6-7,16-18H,4-5,8-15,19H2,1H3. The number of likely N-dealkylation sites (N-methyl/N-ethyl adjacent to an activating group) is 1. The maximum absolute atomic E-state index is 13.6. The highest BCUT2D eigenvalue weighted by molar-refractivity contribution is 5.96. The lowest BCUT2D eigenvalue weighted by Crippen LogP contribution is -2.45. The number of ether oxygens (including phenoxy) is 2. The zero-order valence-electron chi connectivity index (χ0n) is 20.1. The van der Waals surface area contributed by atoms with Crippen molar-refractivity contribution in [3.8, 4) is 5.75 Å². The Morgan fingerprint density at radius 2 is 1.66 bits per heavy atom. The fourth-order valence-corrected chi connectivity index (χ4v) is 4.83. The molecular weight excluding hydrogens is 454 g/mol. The maximum Gasteiger partial charge on any atom is 0.257 e. The van der Waals surface area contributed by atoms with Gasteiger partial charge in [0.2, 0.25) is 0 Å². The normalized spacial score (nSPS) is 19.6. The number of para-hydroxylation sites is 1. The van der Waals surface area contributed by atoms with E-state index < -0.39 is 11.6 Å². The van der Waals surface area contributed by atoms with Crippen molar-refractivity contribution in [3.63, 3.8) is 0 Å². The third-order valence-corrected chi connectivity index (χ3v) is 7.04. The topological polar surface area (TPSA) is 59.1 Å². The van der Waals surface area contributed by atoms with Crippen LogP contribution in [0, 0.1) is 17.0 Å². The Balaban J connectivity index is 1.49. The Labute approximate surface area is 204 Å². The molecule has 1 saturated heterocycles. The van der Waals surface area contributed by atoms with E-state index in [0.29, 0.717) is 63.6 Å². The molecule has 0 N–H and O–H groups in total. The van der Waals surface area contributed by atoms with Crippen molar-refractivity contribution < 1.29 is 27.8 Å². The minimum Gasteiger partial charge on any atom is -0.492 e. The Bertz CT molecular complexity index is 1030. The molecule has 0 aliphatic carbocycles. The van der Waals surface area contributed by atoms with Crippen LogP contribution in [-0.4, -0.2) is 68.1 Å². The number of piperidine rings is 1. The summed E-state index contributed by atoms with van der Waals surface area (Å²) in [7, 11) is 1.76. The first-order chi connectivity index (χ1) is 16.9. The summed E-state index contributed by atoms with van der Waals surface area (Å²) in [5.74, 6) is -1.45. The molecule has 1 spiro atoms. The third-order valence-electron chi connectivity index (χ3n) is 7.04. The number of hydrogen-bond donors (Lipinski definition) is 0. The Hall–Kier alpha value is -3.00. The number of carbonyl (C=O) groups is 2. The fourth-order valence-electron chi connectivity index (χ4n) is 4.83. The zero-order valence-corrected chi connectivity index (χ0v) is 20.1. The van der Waals surface area contributed by atoms with Crippen LogP contribution < -0.4 is 4.74 Å². The molecule has 2 aliphatic heterocycles. The van der Waals surface area contributed by atoms with Crippen molar-refractivity contribution in [1.82, 2.24) is 9.80 Å². The van der Waals surface area contributed by atoms with Crippen LogP contribution >= 0.6 is 0 Å². The number of rotatable bonds is 1. The summed E-state index contributed by atoms with van der Waals surface area (Å²) >= 11 is 0. The molecule has 188 valence electrons. The summed E-state index contributed by atoms with van der Waals surface area (Å²) in [6.45, 7) is 2.99. The SMILES string of the molecule is CN1CCOCCCCC2(CCN(C(=O)c3cc(F)cc(F)c3)CC2)COc2ccccc2C1=O. The van der Waals surface area contributed by atoms with Gasteiger partial charge in [-0.05, 0) is 49.9 Å². The van der Waals surface area contributed by atoms with E-state index in [9.17, 15) is 18.4 Å². The average Bonchev–Trinajstić information content (AvgIpc) is 2.85. The Morgan fingerprint density at radius 3 is 2.40 bits per heavy atom. The molecule has 35 heavy (non-hydrogen) atoms. The minimum absolute atomic E-state index is 0.0226. The highest BCUT2D eigenvalue weighted by atomic mass is 19.1. The van der Waals surface area contributed by atoms with Crippen LogP contribution in [0.4, 0.5) is 8.78 Å². The molecule has 8 heteroatoms. The van der Waals surface area contributed by atoms with E-state index in [0.717, 1.165) is 37.5 Å². The summed E-state index contributed by atoms with van der Waals surface area (Å²) in [6.07, 6.45) is 4.17. The second-order valence-corrected chi connectivity index (χ2v) is 9.53. The monoisotopic (exact) mass is 486 g/mol. The molecule has 0 unspecified atom stereocenters. The van der Waals surface area contributed by atoms with Gasteiger partial charge in [0.15, 0.2) is 0 Å². The van der Waals surface area contributed by atoms with Crippen molar-refractivity contribution in [2.45, 2.75) is 32.1 Å². The van der Waals surface area contributed by atoms with Gasteiger partial charge >= 0.3 is 0 Å². The molecule has 0 bridgehead atoms. The lowest BCUT2D eigenvalue weighted by atomic mass is 9.75. The van der Waals surface area contributed by atoms with Crippen LogP contribution in [-0.2, 0) is 4.74 Å². The molecule has 1 fully saturated rings. The van der Waals surface area contributed by atoms with Crippen molar-refractivity contribution >= 4 is 11.8 Å². The number of hydrogen-bond acceptors (Lipinski definition) is 4. The molecule has 0 atom stereocenters. The summed E-state index contributed by atoms with van der Waals surface area (Å²) < 4.78 is 39.3. The summed E-state index contributed by atoms with van der Waals surface area (Å²) in [4.78, 5) is 29.1. The number of nitrogens with zero attached hydrogens (tertiary/aromatic N) is 2. The van der Waals surface area contributed by atoms with Gasteiger partial charge in [-0.25, -0.2) is 8.78 Å². The number of carbonyl (C=O) groups excluding carboxylic acids is 2. The average molecular weight is 487 g/mol. The van der Waals surface area contributed by atoms with Crippen molar-refractivity contribution in [2.24, 2.45) is 5.41 Å². The molecule has 0 radical (unpaired) electrons. The van der Waals surface area contributed by atoms with Crippen molar-refractivity contribution in [3.05, 3.63) is 65.2 Å². The molecule has 6 nitrogen and oxygen atoms in total. The smallest absolute Gasteiger partial charge is 0.257 e. The maximum atomic E-state index is 13.6. The molecule has 2 aliphatic rings. The highest BCUT2D eigenvalue weighted by Gasteiger charge is 2.37. The quantitative estimate of drug-likeness (QED) is 0.594. The van der Waals surface area contributed by atoms with E-state index in [1.165, 1.54) is 0 Å². The Morgan fingerprint density at radius 1 is 0.943 bits per heavy atom. The van der Waals surface area contributed by atoms with Gasteiger partial charge in [-0.15, -0.1) is 0 Å². The molecule has 2 aromatic rings. The van der Waals surface area contributed by atoms with E-state index in [1.807, 2.05) is 18.2 Å². The molecule has 2 aromatic carbocycles. The van der Waals surface area contributed by atoms with Crippen molar-refractivity contribution in [2.75, 3.05) is 46.5 Å². The van der Waals surface area contributed by atoms with Gasteiger partial charge in [0.1, 0.15) is 17.4 Å². The van der Waals surface area contributed by atoms with E-state index in [4.69, 9.17) is 9.47 Å². The first kappa shape index (κ1) is 25.1. The number of fused-ring (bicyclic) bond motifs is 1. The Kier molecular flexibility index (Phi) is 8.00. The molecule has 0 aromatic heterocycles. The van der Waals surface area contributed by atoms with E-state index in [-0.39, 0.29) is 22.8 Å². The van der Waals surface area contributed by atoms with Crippen LogP contribution in [0.2, 0.25) is 0 Å². The van der Waals surface area contributed by atoms with Gasteiger partial charge in [0, 0.05) is 50.3 Å². The molecule has 2 amide bonds. The van der Waals surface area contributed by atoms with Gasteiger partial charge in [-0.2, -0.15) is 0 Å². The summed E-state index contributed by atoms with van der Waals surface area (Å²) in [5, 5.41) is 0. The van der Waals surface area contributed by atoms with Crippen LogP contribution in [0.5, 0.6) is 5.75 Å². The first-order valence-electron chi connectivity index (χ1n) is 12.2. The molecular formula is C27H32F2N2O4. The van der Waals surface area contributed by atoms with E-state index >= 15 is 0 Å². The van der Waals surface area contributed by atoms with E-state index in [2.05, 4.69) is 0 Å². The highest BCUT2D eigenvalue weighted by Crippen LogP contribution is 2.38. The van der Waals surface area contributed by atoms with Gasteiger partial charge in [-0.1, -0.05) is 18.6 Å². The predicted octanol–water partition coefficient (Wildman–Crippen LogP) is 4.54. The summed E-state index contributed by atoms with van der Waals surface area (Å²) in [6, 6.07) is 10.2. The van der Waals surface area contributed by atoms with Crippen LogP contribution in [0.25, 0.3) is 0 Å². The largest absolute Gasteiger partial charge is 0.492 e. The van der Waals surface area contributed by atoms with Gasteiger partial charge in [-0.3, -0.25) is 9.59 Å². The number of benzene rings is 2. The van der Waals surface area contributed by atoms with Crippen LogP contribution in [0.15, 0.2) is 42.5 Å². The summed E-state index contributed by atoms with van der Waals surface area (Å²) in [5.41, 5.74) is 0.369. The zero-order chi connectivity index (χ0) is 24.8. The first-order valence-corrected chi connectivity index (χ1v) is 12.2. The molecule has 4 rings (SSSR count).